The van der Waals surface area contributed by atoms with Crippen LogP contribution < -0.4 is 5.32 Å². The van der Waals surface area contributed by atoms with E-state index in [0.29, 0.717) is 19.5 Å². The van der Waals surface area contributed by atoms with Crippen molar-refractivity contribution in [1.29, 1.82) is 0 Å². The van der Waals surface area contributed by atoms with E-state index in [0.717, 1.165) is 5.56 Å². The molecule has 1 aliphatic heterocycles. The summed E-state index contributed by atoms with van der Waals surface area (Å²) in [6, 6.07) is 8.08. The van der Waals surface area contributed by atoms with Gasteiger partial charge in [0.2, 0.25) is 0 Å². The Hall–Kier alpha value is -0.600. The van der Waals surface area contributed by atoms with E-state index >= 15 is 0 Å². The molecular weight excluding hydrogens is 201 g/mol. The van der Waals surface area contributed by atoms with Crippen molar-refractivity contribution in [2.45, 2.75) is 19.0 Å². The highest BCUT2D eigenvalue weighted by Crippen LogP contribution is 2.22. The minimum absolute atomic E-state index is 0. The second kappa shape index (κ2) is 4.28. The first kappa shape index (κ1) is 11.5. The summed E-state index contributed by atoms with van der Waals surface area (Å²) in [7, 11) is 0. The fraction of sp³-hybridized carbons (Fsp3) is 0.455. The fourth-order valence-corrected chi connectivity index (χ4v) is 1.59. The summed E-state index contributed by atoms with van der Waals surface area (Å²) in [5.74, 6) is 0. The lowest BCUT2D eigenvalue weighted by Crippen LogP contribution is -2.57. The van der Waals surface area contributed by atoms with Crippen LogP contribution in [0, 0.1) is 6.92 Å². The summed E-state index contributed by atoms with van der Waals surface area (Å²) < 4.78 is 13.6. The zero-order valence-corrected chi connectivity index (χ0v) is 9.03. The highest BCUT2D eigenvalue weighted by molar-refractivity contribution is 5.85. The lowest BCUT2D eigenvalue weighted by Gasteiger charge is -2.35. The van der Waals surface area contributed by atoms with Crippen molar-refractivity contribution in [1.82, 2.24) is 5.32 Å². The van der Waals surface area contributed by atoms with Crippen LogP contribution in [0.4, 0.5) is 4.39 Å². The first-order chi connectivity index (χ1) is 6.18. The molecule has 3 heteroatoms. The summed E-state index contributed by atoms with van der Waals surface area (Å²) in [5.41, 5.74) is 1.33. The number of halogens is 2. The van der Waals surface area contributed by atoms with Gasteiger partial charge >= 0.3 is 0 Å². The Morgan fingerprint density at radius 2 is 1.86 bits per heavy atom. The topological polar surface area (TPSA) is 12.0 Å². The SMILES string of the molecule is Cc1ccc(CC2(F)CNC2)cc1.Cl. The van der Waals surface area contributed by atoms with E-state index in [9.17, 15) is 4.39 Å². The quantitative estimate of drug-likeness (QED) is 0.798. The van der Waals surface area contributed by atoms with Crippen LogP contribution in [0.15, 0.2) is 24.3 Å². The molecule has 1 aromatic carbocycles. The molecule has 2 rings (SSSR count). The highest BCUT2D eigenvalue weighted by Gasteiger charge is 2.36. The molecule has 78 valence electrons. The molecule has 0 saturated carbocycles. The normalized spacial score (nSPS) is 18.1. The van der Waals surface area contributed by atoms with Gasteiger partial charge in [-0.2, -0.15) is 0 Å². The van der Waals surface area contributed by atoms with Crippen LogP contribution in [0.1, 0.15) is 11.1 Å². The zero-order chi connectivity index (χ0) is 9.31. The average Bonchev–Trinajstić information content (AvgIpc) is 2.06. The van der Waals surface area contributed by atoms with Crippen molar-refractivity contribution in [3.8, 4) is 0 Å². The fourth-order valence-electron chi connectivity index (χ4n) is 1.59. The number of benzene rings is 1. The van der Waals surface area contributed by atoms with Crippen LogP contribution >= 0.6 is 12.4 Å². The molecule has 1 fully saturated rings. The molecule has 0 radical (unpaired) electrons. The van der Waals surface area contributed by atoms with Gasteiger partial charge in [-0.15, -0.1) is 12.4 Å². The second-order valence-electron chi connectivity index (χ2n) is 3.92. The third-order valence-electron chi connectivity index (χ3n) is 2.53. The Morgan fingerprint density at radius 3 is 2.29 bits per heavy atom. The van der Waals surface area contributed by atoms with Gasteiger partial charge in [0.1, 0.15) is 5.67 Å². The summed E-state index contributed by atoms with van der Waals surface area (Å²) >= 11 is 0. The molecule has 0 amide bonds. The first-order valence-electron chi connectivity index (χ1n) is 4.63. The van der Waals surface area contributed by atoms with Gasteiger partial charge < -0.3 is 5.32 Å². The lowest BCUT2D eigenvalue weighted by atomic mass is 9.91. The van der Waals surface area contributed by atoms with Crippen LogP contribution in [0.3, 0.4) is 0 Å². The van der Waals surface area contributed by atoms with E-state index in [2.05, 4.69) is 5.32 Å². The van der Waals surface area contributed by atoms with Crippen LogP contribution in [0.25, 0.3) is 0 Å². The van der Waals surface area contributed by atoms with Crippen molar-refractivity contribution in [3.05, 3.63) is 35.4 Å². The summed E-state index contributed by atoms with van der Waals surface area (Å²) in [5, 5.41) is 2.96. The van der Waals surface area contributed by atoms with Crippen LogP contribution in [0.2, 0.25) is 0 Å². The number of hydrogen-bond donors (Lipinski definition) is 1. The van der Waals surface area contributed by atoms with Gasteiger partial charge in [-0.05, 0) is 12.5 Å². The summed E-state index contributed by atoms with van der Waals surface area (Å²) in [4.78, 5) is 0. The number of nitrogens with one attached hydrogen (secondary N) is 1. The van der Waals surface area contributed by atoms with Gasteiger partial charge in [-0.25, -0.2) is 4.39 Å². The van der Waals surface area contributed by atoms with Gasteiger partial charge in [0.25, 0.3) is 0 Å². The molecule has 0 atom stereocenters. The van der Waals surface area contributed by atoms with Gasteiger partial charge in [0.15, 0.2) is 0 Å². The Bertz CT molecular complexity index is 293. The molecule has 0 aliphatic carbocycles. The monoisotopic (exact) mass is 215 g/mol. The highest BCUT2D eigenvalue weighted by atomic mass is 35.5. The maximum Gasteiger partial charge on any atom is 0.139 e. The summed E-state index contributed by atoms with van der Waals surface area (Å²) in [6.07, 6.45) is 0.542. The average molecular weight is 216 g/mol. The van der Waals surface area contributed by atoms with Crippen molar-refractivity contribution in [2.75, 3.05) is 13.1 Å². The minimum atomic E-state index is -0.991. The van der Waals surface area contributed by atoms with Gasteiger partial charge in [0.05, 0.1) is 0 Å². The molecule has 1 N–H and O–H groups in total. The molecule has 14 heavy (non-hydrogen) atoms. The molecule has 0 aromatic heterocycles. The van der Waals surface area contributed by atoms with Crippen LogP contribution in [-0.4, -0.2) is 18.8 Å². The summed E-state index contributed by atoms with van der Waals surface area (Å²) in [6.45, 7) is 3.04. The molecule has 0 spiro atoms. The smallest absolute Gasteiger partial charge is 0.139 e. The standard InChI is InChI=1S/C11H14FN.ClH/c1-9-2-4-10(5-3-9)6-11(12)7-13-8-11;/h2-5,13H,6-8H2,1H3;1H. The lowest BCUT2D eigenvalue weighted by molar-refractivity contribution is 0.0912. The van der Waals surface area contributed by atoms with Gasteiger partial charge in [0, 0.05) is 19.5 Å². The van der Waals surface area contributed by atoms with E-state index in [1.807, 2.05) is 31.2 Å². The van der Waals surface area contributed by atoms with E-state index in [4.69, 9.17) is 0 Å². The predicted octanol–water partition coefficient (Wildman–Crippen LogP) is 2.27. The zero-order valence-electron chi connectivity index (χ0n) is 8.22. The Balaban J connectivity index is 0.000000980. The molecule has 1 aromatic rings. The van der Waals surface area contributed by atoms with Crippen molar-refractivity contribution in [3.63, 3.8) is 0 Å². The third-order valence-corrected chi connectivity index (χ3v) is 2.53. The predicted molar refractivity (Wildman–Crippen MR) is 58.8 cm³/mol. The molecule has 1 heterocycles. The largest absolute Gasteiger partial charge is 0.310 e. The van der Waals surface area contributed by atoms with E-state index < -0.39 is 5.67 Å². The molecule has 1 nitrogen and oxygen atoms in total. The van der Waals surface area contributed by atoms with Crippen molar-refractivity contribution < 1.29 is 4.39 Å². The third kappa shape index (κ3) is 2.46. The van der Waals surface area contributed by atoms with Crippen molar-refractivity contribution >= 4 is 12.4 Å². The van der Waals surface area contributed by atoms with E-state index in [-0.39, 0.29) is 12.4 Å². The van der Waals surface area contributed by atoms with Gasteiger partial charge in [-0.1, -0.05) is 29.8 Å². The van der Waals surface area contributed by atoms with Gasteiger partial charge in [-0.3, -0.25) is 0 Å². The Kier molecular flexibility index (Phi) is 3.51. The molecule has 1 aliphatic rings. The van der Waals surface area contributed by atoms with Crippen LogP contribution in [0.5, 0.6) is 0 Å². The maximum absolute atomic E-state index is 13.6. The molecule has 1 saturated heterocycles. The van der Waals surface area contributed by atoms with E-state index in [1.165, 1.54) is 5.56 Å². The van der Waals surface area contributed by atoms with Crippen molar-refractivity contribution in [2.24, 2.45) is 0 Å². The minimum Gasteiger partial charge on any atom is -0.310 e. The molecule has 0 bridgehead atoms. The van der Waals surface area contributed by atoms with Crippen LogP contribution in [-0.2, 0) is 6.42 Å². The number of hydrogen-bond acceptors (Lipinski definition) is 1. The van der Waals surface area contributed by atoms with E-state index in [1.54, 1.807) is 0 Å². The number of aryl methyl sites for hydroxylation is 1. The molecular formula is C11H15ClFN. The maximum atomic E-state index is 13.6. The number of alkyl halides is 1. The Labute approximate surface area is 90.1 Å². The first-order valence-corrected chi connectivity index (χ1v) is 4.63. The Morgan fingerprint density at radius 1 is 1.29 bits per heavy atom. The molecule has 0 unspecified atom stereocenters. The number of rotatable bonds is 2. The second-order valence-corrected chi connectivity index (χ2v) is 3.92.